The van der Waals surface area contributed by atoms with Crippen LogP contribution in [0.4, 0.5) is 11.4 Å². The molecular formula is C21H24N3O4S+. The number of para-hydroxylation sites is 1. The number of carbonyl (C=O) groups is 1. The zero-order chi connectivity index (χ0) is 20.9. The van der Waals surface area contributed by atoms with Gasteiger partial charge in [-0.25, -0.2) is 8.42 Å². The van der Waals surface area contributed by atoms with Gasteiger partial charge in [0.2, 0.25) is 0 Å². The monoisotopic (exact) mass is 414 g/mol. The van der Waals surface area contributed by atoms with Gasteiger partial charge in [0.15, 0.2) is 12.3 Å². The third-order valence-corrected chi connectivity index (χ3v) is 6.33. The van der Waals surface area contributed by atoms with E-state index < -0.39 is 10.0 Å². The zero-order valence-corrected chi connectivity index (χ0v) is 17.1. The summed E-state index contributed by atoms with van der Waals surface area (Å²) in [7, 11) is -2.24. The van der Waals surface area contributed by atoms with E-state index >= 15 is 0 Å². The molecule has 0 saturated carbocycles. The van der Waals surface area contributed by atoms with Crippen molar-refractivity contribution in [2.45, 2.75) is 17.9 Å². The molecule has 1 amide bonds. The number of rotatable bonds is 8. The SMILES string of the molecule is C[C@@H]([NH2+]CC(=O)Nc1cccc(S(=O)(=O)N(C)c2ccccc2)c1)c1ccco1. The van der Waals surface area contributed by atoms with Gasteiger partial charge in [0.1, 0.15) is 6.04 Å². The molecule has 0 spiro atoms. The summed E-state index contributed by atoms with van der Waals surface area (Å²) in [6, 6.07) is 18.7. The van der Waals surface area contributed by atoms with Crippen molar-refractivity contribution in [1.29, 1.82) is 0 Å². The lowest BCUT2D eigenvalue weighted by molar-refractivity contribution is -0.684. The van der Waals surface area contributed by atoms with E-state index in [1.807, 2.05) is 24.4 Å². The minimum absolute atomic E-state index is 0.00184. The molecule has 1 aromatic heterocycles. The highest BCUT2D eigenvalue weighted by Gasteiger charge is 2.22. The molecule has 1 heterocycles. The molecule has 0 bridgehead atoms. The van der Waals surface area contributed by atoms with Crippen LogP contribution in [0.1, 0.15) is 18.7 Å². The highest BCUT2D eigenvalue weighted by molar-refractivity contribution is 7.92. The molecule has 0 unspecified atom stereocenters. The first-order chi connectivity index (χ1) is 13.9. The lowest BCUT2D eigenvalue weighted by Crippen LogP contribution is -2.86. The van der Waals surface area contributed by atoms with Gasteiger partial charge in [-0.3, -0.25) is 9.10 Å². The van der Waals surface area contributed by atoms with Crippen LogP contribution in [0.15, 0.2) is 82.3 Å². The number of amides is 1. The second-order valence-electron chi connectivity index (χ2n) is 6.63. The van der Waals surface area contributed by atoms with E-state index in [0.29, 0.717) is 11.4 Å². The second-order valence-corrected chi connectivity index (χ2v) is 8.60. The van der Waals surface area contributed by atoms with Gasteiger partial charge in [0, 0.05) is 12.7 Å². The number of benzene rings is 2. The summed E-state index contributed by atoms with van der Waals surface area (Å²) in [5.41, 5.74) is 0.986. The quantitative estimate of drug-likeness (QED) is 0.591. The van der Waals surface area contributed by atoms with E-state index in [1.165, 1.54) is 23.5 Å². The molecule has 0 aliphatic rings. The van der Waals surface area contributed by atoms with E-state index in [1.54, 1.807) is 48.7 Å². The molecule has 8 heteroatoms. The number of sulfonamides is 1. The number of carbonyl (C=O) groups excluding carboxylic acids is 1. The molecule has 3 aromatic rings. The Labute approximate surface area is 170 Å². The first-order valence-corrected chi connectivity index (χ1v) is 10.6. The number of quaternary nitrogens is 1. The molecule has 0 saturated heterocycles. The first kappa shape index (κ1) is 20.6. The average molecular weight is 415 g/mol. The van der Waals surface area contributed by atoms with Gasteiger partial charge in [-0.2, -0.15) is 0 Å². The molecule has 0 fully saturated rings. The van der Waals surface area contributed by atoms with E-state index in [0.717, 1.165) is 5.76 Å². The predicted octanol–water partition coefficient (Wildman–Crippen LogP) is 2.37. The summed E-state index contributed by atoms with van der Waals surface area (Å²) in [6.07, 6.45) is 1.60. The minimum atomic E-state index is -3.74. The van der Waals surface area contributed by atoms with Gasteiger partial charge < -0.3 is 15.1 Å². The Hall–Kier alpha value is -3.10. The fourth-order valence-electron chi connectivity index (χ4n) is 2.83. The van der Waals surface area contributed by atoms with Crippen molar-refractivity contribution in [3.05, 3.63) is 78.8 Å². The van der Waals surface area contributed by atoms with Crippen molar-refractivity contribution in [3.8, 4) is 0 Å². The Morgan fingerprint density at radius 3 is 2.55 bits per heavy atom. The lowest BCUT2D eigenvalue weighted by Gasteiger charge is -2.19. The van der Waals surface area contributed by atoms with Gasteiger partial charge >= 0.3 is 0 Å². The van der Waals surface area contributed by atoms with Crippen LogP contribution in [0.3, 0.4) is 0 Å². The number of nitrogens with one attached hydrogen (secondary N) is 1. The van der Waals surface area contributed by atoms with Crippen molar-refractivity contribution in [1.82, 2.24) is 0 Å². The van der Waals surface area contributed by atoms with Crippen LogP contribution >= 0.6 is 0 Å². The molecule has 1 atom stereocenters. The summed E-state index contributed by atoms with van der Waals surface area (Å²) in [5.74, 6) is 0.559. The summed E-state index contributed by atoms with van der Waals surface area (Å²) in [6.45, 7) is 2.13. The minimum Gasteiger partial charge on any atom is -0.463 e. The highest BCUT2D eigenvalue weighted by atomic mass is 32.2. The van der Waals surface area contributed by atoms with Crippen LogP contribution < -0.4 is 14.9 Å². The number of hydrogen-bond donors (Lipinski definition) is 2. The largest absolute Gasteiger partial charge is 0.463 e. The third kappa shape index (κ3) is 5.04. The van der Waals surface area contributed by atoms with Crippen LogP contribution in [0, 0.1) is 0 Å². The number of anilines is 2. The Morgan fingerprint density at radius 1 is 1.10 bits per heavy atom. The molecule has 7 nitrogen and oxygen atoms in total. The normalized spacial score (nSPS) is 12.3. The van der Waals surface area contributed by atoms with Crippen LogP contribution in [-0.2, 0) is 14.8 Å². The maximum atomic E-state index is 12.9. The van der Waals surface area contributed by atoms with Gasteiger partial charge in [-0.15, -0.1) is 0 Å². The van der Waals surface area contributed by atoms with E-state index in [9.17, 15) is 13.2 Å². The molecule has 0 radical (unpaired) electrons. The van der Waals surface area contributed by atoms with Crippen molar-refractivity contribution in [2.24, 2.45) is 0 Å². The number of nitrogens with two attached hydrogens (primary N) is 1. The third-order valence-electron chi connectivity index (χ3n) is 4.54. The summed E-state index contributed by atoms with van der Waals surface area (Å²) in [5, 5.41) is 4.60. The van der Waals surface area contributed by atoms with E-state index in [-0.39, 0.29) is 23.4 Å². The standard InChI is InChI=1S/C21H23N3O4S/c1-16(20-12-7-13-28-20)22-15-21(25)23-17-8-6-11-19(14-17)29(26,27)24(2)18-9-4-3-5-10-18/h3-14,16,22H,15H2,1-2H3,(H,23,25)/p+1/t16-/m1/s1. The number of hydrogen-bond acceptors (Lipinski definition) is 4. The lowest BCUT2D eigenvalue weighted by atomic mass is 10.2. The van der Waals surface area contributed by atoms with E-state index in [2.05, 4.69) is 5.32 Å². The molecule has 0 aliphatic heterocycles. The average Bonchev–Trinajstić information content (AvgIpc) is 3.27. The van der Waals surface area contributed by atoms with Crippen LogP contribution in [-0.4, -0.2) is 27.9 Å². The van der Waals surface area contributed by atoms with Crippen molar-refractivity contribution in [2.75, 3.05) is 23.2 Å². The topological polar surface area (TPSA) is 96.2 Å². The molecular weight excluding hydrogens is 390 g/mol. The van der Waals surface area contributed by atoms with Gasteiger partial charge in [0.25, 0.3) is 15.9 Å². The first-order valence-electron chi connectivity index (χ1n) is 9.18. The summed E-state index contributed by atoms with van der Waals surface area (Å²) >= 11 is 0. The van der Waals surface area contributed by atoms with Gasteiger partial charge in [-0.05, 0) is 49.4 Å². The van der Waals surface area contributed by atoms with Crippen molar-refractivity contribution < 1.29 is 22.9 Å². The molecule has 0 aliphatic carbocycles. The number of nitrogens with zero attached hydrogens (tertiary/aromatic N) is 1. The maximum Gasteiger partial charge on any atom is 0.279 e. The fraction of sp³-hybridized carbons (Fsp3) is 0.190. The van der Waals surface area contributed by atoms with Crippen molar-refractivity contribution >= 4 is 27.3 Å². The molecule has 3 N–H and O–H groups in total. The molecule has 2 aromatic carbocycles. The second kappa shape index (κ2) is 8.93. The Kier molecular flexibility index (Phi) is 6.36. The number of furan rings is 1. The summed E-state index contributed by atoms with van der Waals surface area (Å²) in [4.78, 5) is 12.4. The van der Waals surface area contributed by atoms with Crippen LogP contribution in [0.2, 0.25) is 0 Å². The Balaban J connectivity index is 1.66. The smallest absolute Gasteiger partial charge is 0.279 e. The predicted molar refractivity (Wildman–Crippen MR) is 111 cm³/mol. The Morgan fingerprint density at radius 2 is 1.86 bits per heavy atom. The van der Waals surface area contributed by atoms with Crippen LogP contribution in [0.5, 0.6) is 0 Å². The highest BCUT2D eigenvalue weighted by Crippen LogP contribution is 2.23. The van der Waals surface area contributed by atoms with E-state index in [4.69, 9.17) is 4.42 Å². The molecule has 29 heavy (non-hydrogen) atoms. The maximum absolute atomic E-state index is 12.9. The van der Waals surface area contributed by atoms with Gasteiger partial charge in [0.05, 0.1) is 16.8 Å². The Bertz CT molecular complexity index is 1050. The molecule has 3 rings (SSSR count). The van der Waals surface area contributed by atoms with Gasteiger partial charge in [-0.1, -0.05) is 24.3 Å². The van der Waals surface area contributed by atoms with Crippen LogP contribution in [0.25, 0.3) is 0 Å². The zero-order valence-electron chi connectivity index (χ0n) is 16.3. The van der Waals surface area contributed by atoms with Crippen molar-refractivity contribution in [3.63, 3.8) is 0 Å². The summed E-state index contributed by atoms with van der Waals surface area (Å²) < 4.78 is 32.4. The fourth-order valence-corrected chi connectivity index (χ4v) is 4.07. The molecule has 152 valence electrons.